The Balaban J connectivity index is 1.41. The lowest BCUT2D eigenvalue weighted by Crippen LogP contribution is -2.02. The second-order valence-electron chi connectivity index (χ2n) is 6.96. The fourth-order valence-electron chi connectivity index (χ4n) is 3.15. The topological polar surface area (TPSA) is 118 Å². The van der Waals surface area contributed by atoms with Gasteiger partial charge >= 0.3 is 6.01 Å². The van der Waals surface area contributed by atoms with Crippen LogP contribution >= 0.6 is 0 Å². The second kappa shape index (κ2) is 6.22. The molecule has 1 aliphatic rings. The normalized spacial score (nSPS) is 13.8. The average Bonchev–Trinajstić information content (AvgIpc) is 3.27. The maximum atomic E-state index is 14.7. The Hall–Kier alpha value is -3.62. The van der Waals surface area contributed by atoms with Gasteiger partial charge in [-0.15, -0.1) is 0 Å². The van der Waals surface area contributed by atoms with Crippen molar-refractivity contribution in [3.8, 4) is 11.8 Å². The van der Waals surface area contributed by atoms with Crippen LogP contribution in [0.25, 0.3) is 10.9 Å². The fraction of sp³-hybridized carbons (Fsp3) is 0.211. The molecule has 5 rings (SSSR count). The van der Waals surface area contributed by atoms with E-state index in [1.54, 1.807) is 18.2 Å². The molecule has 1 saturated carbocycles. The number of aromatic amines is 2. The number of fused-ring (bicyclic) bond motifs is 1. The Morgan fingerprint density at radius 2 is 2.04 bits per heavy atom. The third-order valence-electron chi connectivity index (χ3n) is 4.63. The van der Waals surface area contributed by atoms with E-state index in [2.05, 4.69) is 30.5 Å². The first-order valence-corrected chi connectivity index (χ1v) is 8.98. The molecule has 1 fully saturated rings. The van der Waals surface area contributed by atoms with E-state index < -0.39 is 5.82 Å². The number of nitrogens with zero attached hydrogens (tertiary/aromatic N) is 3. The summed E-state index contributed by atoms with van der Waals surface area (Å²) in [6, 6.07) is 8.45. The first-order chi connectivity index (χ1) is 13.5. The molecule has 4 aromatic rings. The number of halogens is 1. The molecule has 8 nitrogen and oxygen atoms in total. The molecule has 5 N–H and O–H groups in total. The van der Waals surface area contributed by atoms with Crippen molar-refractivity contribution in [2.45, 2.75) is 25.7 Å². The minimum Gasteiger partial charge on any atom is -0.421 e. The third-order valence-corrected chi connectivity index (χ3v) is 4.63. The van der Waals surface area contributed by atoms with Gasteiger partial charge < -0.3 is 20.8 Å². The highest BCUT2D eigenvalue weighted by molar-refractivity contribution is 5.82. The van der Waals surface area contributed by atoms with Gasteiger partial charge in [0.2, 0.25) is 0 Å². The molecule has 0 atom stereocenters. The van der Waals surface area contributed by atoms with Crippen molar-refractivity contribution in [1.29, 1.82) is 0 Å². The highest BCUT2D eigenvalue weighted by Gasteiger charge is 2.25. The molecule has 0 bridgehead atoms. The number of hydrogen-bond acceptors (Lipinski definition) is 6. The minimum absolute atomic E-state index is 0.0267. The molecule has 0 amide bonds. The summed E-state index contributed by atoms with van der Waals surface area (Å²) in [6.07, 6.45) is 2.35. The average molecular weight is 379 g/mol. The van der Waals surface area contributed by atoms with Crippen molar-refractivity contribution >= 4 is 28.4 Å². The molecule has 0 spiro atoms. The van der Waals surface area contributed by atoms with Gasteiger partial charge in [-0.05, 0) is 38.0 Å². The van der Waals surface area contributed by atoms with Crippen molar-refractivity contribution in [2.24, 2.45) is 0 Å². The van der Waals surface area contributed by atoms with Gasteiger partial charge in [0.1, 0.15) is 11.6 Å². The summed E-state index contributed by atoms with van der Waals surface area (Å²) in [5.74, 6) is 1.34. The number of nitrogen functional groups attached to an aromatic ring is 1. The van der Waals surface area contributed by atoms with E-state index in [-0.39, 0.29) is 17.6 Å². The summed E-state index contributed by atoms with van der Waals surface area (Å²) in [7, 11) is 0. The SMILES string of the molecule is Cc1cc2c(F)c(Oc3nc(N)cc(Nc4cc(C5CC5)[nH]n4)n3)ccc2[nH]1. The van der Waals surface area contributed by atoms with Gasteiger partial charge in [0.15, 0.2) is 17.4 Å². The molecule has 0 aliphatic heterocycles. The lowest BCUT2D eigenvalue weighted by Gasteiger charge is -2.08. The molecular weight excluding hydrogens is 361 g/mol. The molecule has 3 heterocycles. The molecular formula is C19H18FN7O. The van der Waals surface area contributed by atoms with Crippen molar-refractivity contribution in [3.63, 3.8) is 0 Å². The summed E-state index contributed by atoms with van der Waals surface area (Å²) < 4.78 is 20.3. The lowest BCUT2D eigenvalue weighted by molar-refractivity contribution is 0.415. The van der Waals surface area contributed by atoms with Gasteiger partial charge in [-0.1, -0.05) is 0 Å². The van der Waals surface area contributed by atoms with Crippen LogP contribution in [0.15, 0.2) is 30.3 Å². The summed E-state index contributed by atoms with van der Waals surface area (Å²) in [5.41, 5.74) is 8.52. The zero-order chi connectivity index (χ0) is 19.3. The van der Waals surface area contributed by atoms with Crippen LogP contribution in [0.1, 0.15) is 30.1 Å². The second-order valence-corrected chi connectivity index (χ2v) is 6.96. The molecule has 0 saturated heterocycles. The van der Waals surface area contributed by atoms with Crippen molar-refractivity contribution in [1.82, 2.24) is 25.1 Å². The molecule has 0 unspecified atom stereocenters. The number of nitrogens with two attached hydrogens (primary N) is 1. The first-order valence-electron chi connectivity index (χ1n) is 8.98. The van der Waals surface area contributed by atoms with Crippen molar-refractivity contribution in [2.75, 3.05) is 11.1 Å². The van der Waals surface area contributed by atoms with Crippen molar-refractivity contribution < 1.29 is 9.13 Å². The number of anilines is 3. The van der Waals surface area contributed by atoms with Crippen LogP contribution in [0.4, 0.5) is 21.8 Å². The third kappa shape index (κ3) is 3.11. The van der Waals surface area contributed by atoms with Crippen LogP contribution < -0.4 is 15.8 Å². The van der Waals surface area contributed by atoms with Gasteiger partial charge in [-0.3, -0.25) is 5.10 Å². The van der Waals surface area contributed by atoms with E-state index in [9.17, 15) is 4.39 Å². The molecule has 28 heavy (non-hydrogen) atoms. The highest BCUT2D eigenvalue weighted by Crippen LogP contribution is 2.39. The van der Waals surface area contributed by atoms with Gasteiger partial charge in [-0.2, -0.15) is 15.1 Å². The van der Waals surface area contributed by atoms with Crippen LogP contribution in [0, 0.1) is 12.7 Å². The Bertz CT molecular complexity index is 1180. The van der Waals surface area contributed by atoms with Crippen LogP contribution in [-0.4, -0.2) is 25.1 Å². The van der Waals surface area contributed by atoms with E-state index in [0.717, 1.165) is 11.4 Å². The van der Waals surface area contributed by atoms with E-state index in [1.807, 2.05) is 13.0 Å². The number of aromatic nitrogens is 5. The summed E-state index contributed by atoms with van der Waals surface area (Å²) in [6.45, 7) is 1.86. The number of ether oxygens (including phenoxy) is 1. The fourth-order valence-corrected chi connectivity index (χ4v) is 3.15. The number of H-pyrrole nitrogens is 2. The Morgan fingerprint density at radius 3 is 2.86 bits per heavy atom. The standard InChI is InChI=1S/C19H18FN7O/c1-9-6-11-12(22-9)4-5-14(18(11)20)28-19-23-15(21)8-16(25-19)24-17-7-13(26-27-17)10-2-3-10/h4-8,10,22H,2-3H2,1H3,(H4,21,23,24,25,26,27). The predicted octanol–water partition coefficient (Wildman–Crippen LogP) is 4.12. The molecule has 1 aromatic carbocycles. The quantitative estimate of drug-likeness (QED) is 0.414. The molecule has 1 aliphatic carbocycles. The summed E-state index contributed by atoms with van der Waals surface area (Å²) in [4.78, 5) is 11.4. The monoisotopic (exact) mass is 379 g/mol. The number of rotatable bonds is 5. The van der Waals surface area contributed by atoms with Gasteiger partial charge in [0, 0.05) is 40.3 Å². The maximum Gasteiger partial charge on any atom is 0.326 e. The predicted molar refractivity (Wildman–Crippen MR) is 103 cm³/mol. The zero-order valence-corrected chi connectivity index (χ0v) is 15.1. The Morgan fingerprint density at radius 1 is 1.18 bits per heavy atom. The summed E-state index contributed by atoms with van der Waals surface area (Å²) >= 11 is 0. The van der Waals surface area contributed by atoms with Crippen LogP contribution in [-0.2, 0) is 0 Å². The molecule has 9 heteroatoms. The maximum absolute atomic E-state index is 14.7. The molecule has 3 aromatic heterocycles. The summed E-state index contributed by atoms with van der Waals surface area (Å²) in [5, 5.41) is 10.8. The van der Waals surface area contributed by atoms with Crippen LogP contribution in [0.3, 0.4) is 0 Å². The Labute approximate surface area is 159 Å². The smallest absolute Gasteiger partial charge is 0.326 e. The Kier molecular flexibility index (Phi) is 3.68. The van der Waals surface area contributed by atoms with Crippen molar-refractivity contribution in [3.05, 3.63) is 47.5 Å². The van der Waals surface area contributed by atoms with E-state index in [4.69, 9.17) is 10.5 Å². The number of benzene rings is 1. The van der Waals surface area contributed by atoms with Gasteiger partial charge in [0.25, 0.3) is 0 Å². The highest BCUT2D eigenvalue weighted by atomic mass is 19.1. The van der Waals surface area contributed by atoms with Gasteiger partial charge in [-0.25, -0.2) is 4.39 Å². The first kappa shape index (κ1) is 16.5. The number of aryl methyl sites for hydroxylation is 1. The van der Waals surface area contributed by atoms with E-state index >= 15 is 0 Å². The van der Waals surface area contributed by atoms with Gasteiger partial charge in [0.05, 0.1) is 0 Å². The van der Waals surface area contributed by atoms with E-state index in [1.165, 1.54) is 18.9 Å². The molecule has 142 valence electrons. The number of nitrogens with one attached hydrogen (secondary N) is 3. The zero-order valence-electron chi connectivity index (χ0n) is 15.1. The number of hydrogen-bond donors (Lipinski definition) is 4. The lowest BCUT2D eigenvalue weighted by atomic mass is 10.2. The largest absolute Gasteiger partial charge is 0.421 e. The molecule has 0 radical (unpaired) electrons. The van der Waals surface area contributed by atoms with E-state index in [0.29, 0.717) is 28.5 Å². The van der Waals surface area contributed by atoms with Crippen LogP contribution in [0.2, 0.25) is 0 Å². The van der Waals surface area contributed by atoms with Crippen LogP contribution in [0.5, 0.6) is 11.8 Å². The minimum atomic E-state index is -0.483.